The lowest BCUT2D eigenvalue weighted by Gasteiger charge is -2.15. The van der Waals surface area contributed by atoms with Gasteiger partial charge in [0.15, 0.2) is 6.79 Å². The second kappa shape index (κ2) is 4.77. The number of halogens is 1. The standard InChI is InChI=1S/C11H9BrNO4/c1-16-6-17-10-5-9-7(4-8(10)12)2-3-11(14)13(9)15/h2-5H,6H2,1H3/q-1. The molecule has 0 radical (unpaired) electrons. The first-order valence-electron chi connectivity index (χ1n) is 4.78. The van der Waals surface area contributed by atoms with E-state index in [1.54, 1.807) is 12.1 Å². The number of fused-ring (bicyclic) bond motifs is 1. The van der Waals surface area contributed by atoms with Crippen LogP contribution in [0.1, 0.15) is 0 Å². The summed E-state index contributed by atoms with van der Waals surface area (Å²) in [6.07, 6.45) is 0. The summed E-state index contributed by atoms with van der Waals surface area (Å²) in [5, 5.41) is 12.2. The summed E-state index contributed by atoms with van der Waals surface area (Å²) in [6.45, 7) is 0.0695. The predicted molar refractivity (Wildman–Crippen MR) is 67.2 cm³/mol. The van der Waals surface area contributed by atoms with Crippen LogP contribution in [-0.2, 0) is 4.74 Å². The molecule has 0 bridgehead atoms. The van der Waals surface area contributed by atoms with Gasteiger partial charge in [0.2, 0.25) is 5.56 Å². The molecule has 2 aromatic rings. The predicted octanol–water partition coefficient (Wildman–Crippen LogP) is 2.09. The summed E-state index contributed by atoms with van der Waals surface area (Å²) < 4.78 is 11.1. The molecule has 0 saturated carbocycles. The SMILES string of the molecule is COCOc1cc2c(ccc(=O)n2[O-])cc1Br. The minimum Gasteiger partial charge on any atom is -0.803 e. The number of pyridine rings is 1. The molecule has 0 atom stereocenters. The van der Waals surface area contributed by atoms with Crippen molar-refractivity contribution in [2.24, 2.45) is 0 Å². The summed E-state index contributed by atoms with van der Waals surface area (Å²) >= 11 is 3.32. The maximum Gasteiger partial charge on any atom is 0.246 e. The first-order chi connectivity index (χ1) is 8.13. The van der Waals surface area contributed by atoms with Crippen molar-refractivity contribution in [1.82, 2.24) is 4.73 Å². The van der Waals surface area contributed by atoms with Crippen LogP contribution >= 0.6 is 15.9 Å². The molecule has 0 aliphatic rings. The average molecular weight is 299 g/mol. The quantitative estimate of drug-likeness (QED) is 0.814. The molecule has 90 valence electrons. The lowest BCUT2D eigenvalue weighted by Crippen LogP contribution is -2.14. The number of ether oxygens (including phenoxy) is 2. The third-order valence-corrected chi connectivity index (χ3v) is 2.86. The highest BCUT2D eigenvalue weighted by molar-refractivity contribution is 9.10. The van der Waals surface area contributed by atoms with Crippen LogP contribution in [0, 0.1) is 5.21 Å². The van der Waals surface area contributed by atoms with Gasteiger partial charge in [0, 0.05) is 24.8 Å². The van der Waals surface area contributed by atoms with E-state index < -0.39 is 5.56 Å². The van der Waals surface area contributed by atoms with Crippen LogP contribution in [0.15, 0.2) is 33.5 Å². The summed E-state index contributed by atoms with van der Waals surface area (Å²) in [5.41, 5.74) is -0.329. The molecule has 1 aromatic heterocycles. The van der Waals surface area contributed by atoms with E-state index in [0.29, 0.717) is 20.3 Å². The Morgan fingerprint density at radius 1 is 1.41 bits per heavy atom. The molecule has 6 heteroatoms. The first kappa shape index (κ1) is 11.9. The highest BCUT2D eigenvalue weighted by Crippen LogP contribution is 2.29. The van der Waals surface area contributed by atoms with Crippen molar-refractivity contribution < 1.29 is 9.47 Å². The van der Waals surface area contributed by atoms with E-state index in [1.807, 2.05) is 0 Å². The molecular formula is C11H9BrNO4-. The Labute approximate surface area is 105 Å². The van der Waals surface area contributed by atoms with E-state index in [-0.39, 0.29) is 12.3 Å². The van der Waals surface area contributed by atoms with Crippen molar-refractivity contribution in [3.05, 3.63) is 44.3 Å². The highest BCUT2D eigenvalue weighted by atomic mass is 79.9. The second-order valence-corrected chi connectivity index (χ2v) is 4.21. The molecular weight excluding hydrogens is 290 g/mol. The molecule has 2 rings (SSSR count). The van der Waals surface area contributed by atoms with Crippen molar-refractivity contribution in [3.63, 3.8) is 0 Å². The second-order valence-electron chi connectivity index (χ2n) is 3.36. The van der Waals surface area contributed by atoms with Crippen LogP contribution in [0.3, 0.4) is 0 Å². The summed E-state index contributed by atoms with van der Waals surface area (Å²) in [7, 11) is 1.50. The van der Waals surface area contributed by atoms with Gasteiger partial charge in [-0.1, -0.05) is 0 Å². The van der Waals surface area contributed by atoms with Gasteiger partial charge >= 0.3 is 0 Å². The average Bonchev–Trinajstić information content (AvgIpc) is 2.32. The van der Waals surface area contributed by atoms with Gasteiger partial charge in [0.05, 0.1) is 4.47 Å². The Bertz CT molecular complexity index is 608. The summed E-state index contributed by atoms with van der Waals surface area (Å²) in [4.78, 5) is 11.2. The van der Waals surface area contributed by atoms with Gasteiger partial charge < -0.3 is 19.4 Å². The van der Waals surface area contributed by atoms with Crippen LogP contribution in [0.25, 0.3) is 10.9 Å². The zero-order valence-corrected chi connectivity index (χ0v) is 10.6. The van der Waals surface area contributed by atoms with E-state index in [4.69, 9.17) is 9.47 Å². The minimum absolute atomic E-state index is 0.0695. The van der Waals surface area contributed by atoms with Crippen LogP contribution < -0.4 is 10.3 Å². The van der Waals surface area contributed by atoms with E-state index in [9.17, 15) is 10.0 Å². The Morgan fingerprint density at radius 3 is 2.88 bits per heavy atom. The molecule has 1 heterocycles. The van der Waals surface area contributed by atoms with Crippen molar-refractivity contribution in [2.45, 2.75) is 0 Å². The fraction of sp³-hybridized carbons (Fsp3) is 0.182. The first-order valence-corrected chi connectivity index (χ1v) is 5.57. The normalized spacial score (nSPS) is 10.7. The fourth-order valence-corrected chi connectivity index (χ4v) is 1.92. The fourth-order valence-electron chi connectivity index (χ4n) is 1.45. The largest absolute Gasteiger partial charge is 0.803 e. The molecule has 0 amide bonds. The lowest BCUT2D eigenvalue weighted by atomic mass is 10.2. The third kappa shape index (κ3) is 2.27. The Balaban J connectivity index is 2.60. The molecule has 0 fully saturated rings. The number of aromatic nitrogens is 1. The number of methoxy groups -OCH3 is 1. The Morgan fingerprint density at radius 2 is 2.18 bits per heavy atom. The van der Waals surface area contributed by atoms with Gasteiger partial charge in [-0.05, 0) is 33.4 Å². The van der Waals surface area contributed by atoms with E-state index in [1.165, 1.54) is 19.2 Å². The third-order valence-electron chi connectivity index (χ3n) is 2.24. The number of benzene rings is 1. The van der Waals surface area contributed by atoms with E-state index in [0.717, 1.165) is 0 Å². The summed E-state index contributed by atoms with van der Waals surface area (Å²) in [6, 6.07) is 6.05. The van der Waals surface area contributed by atoms with Gasteiger partial charge in [-0.15, -0.1) is 0 Å². The number of hydrogen-bond acceptors (Lipinski definition) is 4. The zero-order chi connectivity index (χ0) is 12.4. The molecule has 0 saturated heterocycles. The van der Waals surface area contributed by atoms with Crippen LogP contribution in [0.5, 0.6) is 5.75 Å². The molecule has 0 aliphatic carbocycles. The Kier molecular flexibility index (Phi) is 3.35. The number of rotatable bonds is 3. The Hall–Kier alpha value is -1.53. The zero-order valence-electron chi connectivity index (χ0n) is 8.97. The van der Waals surface area contributed by atoms with Crippen molar-refractivity contribution >= 4 is 26.8 Å². The van der Waals surface area contributed by atoms with Crippen LogP contribution in [-0.4, -0.2) is 18.6 Å². The molecule has 17 heavy (non-hydrogen) atoms. The van der Waals surface area contributed by atoms with Crippen molar-refractivity contribution in [1.29, 1.82) is 0 Å². The maximum absolute atomic E-state index is 11.6. The molecule has 5 nitrogen and oxygen atoms in total. The number of nitrogens with zero attached hydrogens (tertiary/aromatic N) is 1. The minimum atomic E-state index is -0.600. The van der Waals surface area contributed by atoms with Gasteiger partial charge in [0.25, 0.3) is 0 Å². The topological polar surface area (TPSA) is 63.5 Å². The monoisotopic (exact) mass is 298 g/mol. The highest BCUT2D eigenvalue weighted by Gasteiger charge is 2.05. The molecule has 1 aromatic carbocycles. The van der Waals surface area contributed by atoms with E-state index >= 15 is 0 Å². The molecule has 0 spiro atoms. The number of hydrogen-bond donors (Lipinski definition) is 0. The van der Waals surface area contributed by atoms with Crippen LogP contribution in [0.2, 0.25) is 0 Å². The van der Waals surface area contributed by atoms with Gasteiger partial charge in [-0.3, -0.25) is 4.79 Å². The molecule has 0 N–H and O–H groups in total. The maximum atomic E-state index is 11.6. The van der Waals surface area contributed by atoms with Crippen LogP contribution in [0.4, 0.5) is 0 Å². The summed E-state index contributed by atoms with van der Waals surface area (Å²) in [5.74, 6) is 0.453. The van der Waals surface area contributed by atoms with Gasteiger partial charge in [0.1, 0.15) is 5.75 Å². The smallest absolute Gasteiger partial charge is 0.246 e. The molecule has 0 aliphatic heterocycles. The van der Waals surface area contributed by atoms with Gasteiger partial charge in [-0.2, -0.15) is 0 Å². The van der Waals surface area contributed by atoms with Crippen molar-refractivity contribution in [2.75, 3.05) is 13.9 Å². The van der Waals surface area contributed by atoms with Crippen molar-refractivity contribution in [3.8, 4) is 5.75 Å². The van der Waals surface area contributed by atoms with Gasteiger partial charge in [-0.25, -0.2) is 0 Å². The molecule has 0 unspecified atom stereocenters. The lowest BCUT2D eigenvalue weighted by molar-refractivity contribution is 0.0507. The van der Waals surface area contributed by atoms with E-state index in [2.05, 4.69) is 15.9 Å².